The number of carbonyl (C=O) groups excluding carboxylic acids is 1. The molecule has 15 heavy (non-hydrogen) atoms. The van der Waals surface area contributed by atoms with Gasteiger partial charge in [-0.05, 0) is 6.42 Å². The minimum atomic E-state index is -0.663. The monoisotopic (exact) mass is 216 g/mol. The summed E-state index contributed by atoms with van der Waals surface area (Å²) in [5.74, 6) is -1.11. The first-order valence-electron chi connectivity index (χ1n) is 5.66. The molecule has 1 aliphatic heterocycles. The molecule has 1 saturated heterocycles. The lowest BCUT2D eigenvalue weighted by atomic mass is 9.88. The van der Waals surface area contributed by atoms with Crippen LogP contribution in [0, 0.1) is 11.8 Å². The molecule has 0 spiro atoms. The zero-order valence-corrected chi connectivity index (χ0v) is 9.19. The van der Waals surface area contributed by atoms with Gasteiger partial charge in [0.15, 0.2) is 0 Å². The number of cyclic esters (lactones) is 1. The fourth-order valence-corrected chi connectivity index (χ4v) is 2.00. The molecule has 0 aliphatic carbocycles. The number of rotatable bonds is 6. The molecular weight excluding hydrogens is 196 g/mol. The summed E-state index contributed by atoms with van der Waals surface area (Å²) in [6.45, 7) is 2.23. The van der Waals surface area contributed by atoms with E-state index in [1.54, 1.807) is 0 Å². The molecule has 2 N–H and O–H groups in total. The van der Waals surface area contributed by atoms with Crippen LogP contribution in [0.3, 0.4) is 0 Å². The van der Waals surface area contributed by atoms with Crippen LogP contribution in [0.5, 0.6) is 0 Å². The minimum absolute atomic E-state index is 0.0960. The van der Waals surface area contributed by atoms with Gasteiger partial charge >= 0.3 is 5.97 Å². The number of hydrogen-bond donors (Lipinski definition) is 2. The summed E-state index contributed by atoms with van der Waals surface area (Å²) in [5.41, 5.74) is 0. The number of unbranched alkanes of at least 4 members (excludes halogenated alkanes) is 2. The highest BCUT2D eigenvalue weighted by Crippen LogP contribution is 2.27. The summed E-state index contributed by atoms with van der Waals surface area (Å²) in [6, 6.07) is 0. The smallest absolute Gasteiger partial charge is 0.312 e. The average molecular weight is 216 g/mol. The highest BCUT2D eigenvalue weighted by molar-refractivity contribution is 5.75. The fraction of sp³-hybridized carbons (Fsp3) is 0.909. The lowest BCUT2D eigenvalue weighted by Gasteiger charge is -2.18. The molecule has 0 bridgehead atoms. The molecule has 0 unspecified atom stereocenters. The Kier molecular flexibility index (Phi) is 5.05. The number of carbonyl (C=O) groups is 1. The Morgan fingerprint density at radius 1 is 1.53 bits per heavy atom. The van der Waals surface area contributed by atoms with Gasteiger partial charge in [-0.2, -0.15) is 0 Å². The zero-order chi connectivity index (χ0) is 11.3. The van der Waals surface area contributed by atoms with Crippen LogP contribution in [0.2, 0.25) is 0 Å². The SMILES string of the molecule is CCCCC[C@@H](O)[C@@H]1C(=O)OC[C@H]1CO. The van der Waals surface area contributed by atoms with Crippen molar-refractivity contribution in [2.45, 2.75) is 38.7 Å². The lowest BCUT2D eigenvalue weighted by Crippen LogP contribution is -2.31. The van der Waals surface area contributed by atoms with E-state index in [-0.39, 0.29) is 25.1 Å². The van der Waals surface area contributed by atoms with Crippen molar-refractivity contribution in [3.05, 3.63) is 0 Å². The van der Waals surface area contributed by atoms with Gasteiger partial charge in [0.1, 0.15) is 0 Å². The normalized spacial score (nSPS) is 27.8. The molecule has 0 aromatic rings. The minimum Gasteiger partial charge on any atom is -0.465 e. The fourth-order valence-electron chi connectivity index (χ4n) is 2.00. The van der Waals surface area contributed by atoms with Crippen LogP contribution >= 0.6 is 0 Å². The molecule has 4 heteroatoms. The summed E-state index contributed by atoms with van der Waals surface area (Å²) in [4.78, 5) is 11.3. The molecule has 0 aromatic carbocycles. The number of ether oxygens (including phenoxy) is 1. The highest BCUT2D eigenvalue weighted by atomic mass is 16.5. The molecule has 3 atom stereocenters. The van der Waals surface area contributed by atoms with Crippen molar-refractivity contribution < 1.29 is 19.7 Å². The van der Waals surface area contributed by atoms with Crippen LogP contribution in [0.1, 0.15) is 32.6 Å². The maximum atomic E-state index is 11.3. The maximum Gasteiger partial charge on any atom is 0.312 e. The van der Waals surface area contributed by atoms with Crippen molar-refractivity contribution >= 4 is 5.97 Å². The van der Waals surface area contributed by atoms with E-state index in [4.69, 9.17) is 9.84 Å². The third-order valence-electron chi connectivity index (χ3n) is 2.97. The van der Waals surface area contributed by atoms with Gasteiger partial charge in [-0.3, -0.25) is 4.79 Å². The Hall–Kier alpha value is -0.610. The van der Waals surface area contributed by atoms with Gasteiger partial charge in [0, 0.05) is 5.92 Å². The Morgan fingerprint density at radius 3 is 2.87 bits per heavy atom. The summed E-state index contributed by atoms with van der Waals surface area (Å²) in [5, 5.41) is 18.9. The van der Waals surface area contributed by atoms with Gasteiger partial charge < -0.3 is 14.9 Å². The average Bonchev–Trinajstić information content (AvgIpc) is 2.59. The van der Waals surface area contributed by atoms with E-state index in [1.807, 2.05) is 0 Å². The summed E-state index contributed by atoms with van der Waals surface area (Å²) in [6.07, 6.45) is 3.01. The van der Waals surface area contributed by atoms with E-state index in [2.05, 4.69) is 6.92 Å². The van der Waals surface area contributed by atoms with Crippen molar-refractivity contribution in [3.63, 3.8) is 0 Å². The summed E-state index contributed by atoms with van der Waals surface area (Å²) in [7, 11) is 0. The number of aliphatic hydroxyl groups excluding tert-OH is 2. The first-order chi connectivity index (χ1) is 7.20. The van der Waals surface area contributed by atoms with Gasteiger partial charge in [-0.1, -0.05) is 26.2 Å². The largest absolute Gasteiger partial charge is 0.465 e. The predicted molar refractivity (Wildman–Crippen MR) is 55.2 cm³/mol. The predicted octanol–water partition coefficient (Wildman–Crippen LogP) is 0.709. The molecule has 4 nitrogen and oxygen atoms in total. The van der Waals surface area contributed by atoms with E-state index in [0.717, 1.165) is 19.3 Å². The topological polar surface area (TPSA) is 66.8 Å². The first kappa shape index (κ1) is 12.5. The van der Waals surface area contributed by atoms with Gasteiger partial charge in [-0.15, -0.1) is 0 Å². The maximum absolute atomic E-state index is 11.3. The third-order valence-corrected chi connectivity index (χ3v) is 2.97. The van der Waals surface area contributed by atoms with Crippen molar-refractivity contribution in [2.24, 2.45) is 11.8 Å². The second-order valence-corrected chi connectivity index (χ2v) is 4.16. The van der Waals surface area contributed by atoms with Crippen LogP contribution in [0.15, 0.2) is 0 Å². The number of aliphatic hydroxyl groups is 2. The van der Waals surface area contributed by atoms with Crippen LogP contribution in [0.4, 0.5) is 0 Å². The number of esters is 1. The lowest BCUT2D eigenvalue weighted by molar-refractivity contribution is -0.144. The molecule has 0 radical (unpaired) electrons. The Balaban J connectivity index is 2.41. The second kappa shape index (κ2) is 6.08. The van der Waals surface area contributed by atoms with Crippen LogP contribution in [0.25, 0.3) is 0 Å². The van der Waals surface area contributed by atoms with E-state index in [1.165, 1.54) is 0 Å². The summed E-state index contributed by atoms with van der Waals surface area (Å²) >= 11 is 0. The van der Waals surface area contributed by atoms with Crippen molar-refractivity contribution in [3.8, 4) is 0 Å². The van der Waals surface area contributed by atoms with Gasteiger partial charge in [0.2, 0.25) is 0 Å². The summed E-state index contributed by atoms with van der Waals surface area (Å²) < 4.78 is 4.84. The number of hydrogen-bond acceptors (Lipinski definition) is 4. The Labute approximate surface area is 90.2 Å². The van der Waals surface area contributed by atoms with Crippen LogP contribution in [-0.4, -0.2) is 35.5 Å². The van der Waals surface area contributed by atoms with Crippen molar-refractivity contribution in [1.82, 2.24) is 0 Å². The molecular formula is C11H20O4. The van der Waals surface area contributed by atoms with Gasteiger partial charge in [0.05, 0.1) is 25.2 Å². The molecule has 1 heterocycles. The van der Waals surface area contributed by atoms with Crippen LogP contribution < -0.4 is 0 Å². The molecule has 0 aromatic heterocycles. The van der Waals surface area contributed by atoms with Crippen molar-refractivity contribution in [2.75, 3.05) is 13.2 Å². The molecule has 0 saturated carbocycles. The van der Waals surface area contributed by atoms with E-state index >= 15 is 0 Å². The molecule has 1 fully saturated rings. The Bertz CT molecular complexity index is 205. The van der Waals surface area contributed by atoms with Crippen LogP contribution in [-0.2, 0) is 9.53 Å². The second-order valence-electron chi connectivity index (χ2n) is 4.16. The van der Waals surface area contributed by atoms with E-state index in [9.17, 15) is 9.90 Å². The van der Waals surface area contributed by atoms with Gasteiger partial charge in [-0.25, -0.2) is 0 Å². The third kappa shape index (κ3) is 3.18. The van der Waals surface area contributed by atoms with Crippen molar-refractivity contribution in [1.29, 1.82) is 0 Å². The van der Waals surface area contributed by atoms with E-state index < -0.39 is 12.0 Å². The molecule has 1 aliphatic rings. The molecule has 0 amide bonds. The molecule has 1 rings (SSSR count). The standard InChI is InChI=1S/C11H20O4/c1-2-3-4-5-9(13)10-8(6-12)7-15-11(10)14/h8-10,12-13H,2-7H2,1H3/t8-,9-,10-/m1/s1. The highest BCUT2D eigenvalue weighted by Gasteiger charge is 2.40. The first-order valence-corrected chi connectivity index (χ1v) is 5.66. The molecule has 88 valence electrons. The quantitative estimate of drug-likeness (QED) is 0.507. The zero-order valence-electron chi connectivity index (χ0n) is 9.19. The van der Waals surface area contributed by atoms with E-state index in [0.29, 0.717) is 6.42 Å². The Morgan fingerprint density at radius 2 is 2.27 bits per heavy atom. The van der Waals surface area contributed by atoms with Gasteiger partial charge in [0.25, 0.3) is 0 Å².